The molecule has 0 spiro atoms. The van der Waals surface area contributed by atoms with Gasteiger partial charge in [0.25, 0.3) is 35.1 Å². The largest absolute Gasteiger partial charge is 0.497 e. The maximum atomic E-state index is 13.2. The predicted octanol–water partition coefficient (Wildman–Crippen LogP) is 15.9. The third kappa shape index (κ3) is 14.8. The van der Waals surface area contributed by atoms with Crippen molar-refractivity contribution in [3.63, 3.8) is 0 Å². The summed E-state index contributed by atoms with van der Waals surface area (Å²) in [5.41, 5.74) is 9.93. The second-order valence-corrected chi connectivity index (χ2v) is 22.8. The van der Waals surface area contributed by atoms with Gasteiger partial charge in [-0.2, -0.15) is 0 Å². The molecule has 0 saturated carbocycles. The molecule has 0 bridgehead atoms. The topological polar surface area (TPSA) is 198 Å². The van der Waals surface area contributed by atoms with Gasteiger partial charge in [0.2, 0.25) is 0 Å². The van der Waals surface area contributed by atoms with Crippen LogP contribution in [-0.2, 0) is 34.0 Å². The molecule has 3 amide bonds. The second kappa shape index (κ2) is 29.1. The number of anilines is 3. The number of methoxy groups -OCH3 is 2. The second-order valence-electron chi connectivity index (χ2n) is 21.1. The number of benzene rings is 7. The Kier molecular flexibility index (Phi) is 20.4. The Balaban J connectivity index is 0.000000151. The van der Waals surface area contributed by atoms with Crippen molar-refractivity contribution in [2.24, 2.45) is 0 Å². The van der Waals surface area contributed by atoms with E-state index in [-0.39, 0.29) is 5.15 Å². The third-order valence-corrected chi connectivity index (χ3v) is 16.2. The maximum absolute atomic E-state index is 13.2. The molecule has 12 aromatic rings. The number of ether oxygens (including phenoxy) is 2. The first-order valence-corrected chi connectivity index (χ1v) is 30.2. The number of amides is 3. The average Bonchev–Trinajstić information content (AvgIpc) is 1.64. The Hall–Kier alpha value is -10.4. The van der Waals surface area contributed by atoms with E-state index in [2.05, 4.69) is 25.9 Å². The van der Waals surface area contributed by atoms with Gasteiger partial charge in [-0.3, -0.25) is 28.8 Å². The van der Waals surface area contributed by atoms with E-state index < -0.39 is 35.1 Å². The highest BCUT2D eigenvalue weighted by atomic mass is 35.5. The van der Waals surface area contributed by atoms with Crippen LogP contribution >= 0.6 is 46.4 Å². The van der Waals surface area contributed by atoms with Crippen LogP contribution < -0.4 is 25.4 Å². The first-order chi connectivity index (χ1) is 44.4. The Morgan fingerprint density at radius 3 is 1.25 bits per heavy atom. The average molecular weight is 1310 g/mol. The molecule has 20 heteroatoms. The molecule has 7 aromatic carbocycles. The summed E-state index contributed by atoms with van der Waals surface area (Å²) in [6, 6.07) is 58.4. The molecule has 16 nitrogen and oxygen atoms in total. The molecule has 0 atom stereocenters. The van der Waals surface area contributed by atoms with Crippen molar-refractivity contribution in [2.45, 2.75) is 40.4 Å². The molecule has 462 valence electrons. The lowest BCUT2D eigenvalue weighted by atomic mass is 10.1. The molecular weight excluding hydrogens is 1250 g/mol. The Labute approximate surface area is 549 Å². The Morgan fingerprint density at radius 1 is 0.391 bits per heavy atom. The maximum Gasteiger partial charge on any atom is 0.298 e. The summed E-state index contributed by atoms with van der Waals surface area (Å²) >= 11 is 23.9. The lowest BCUT2D eigenvalue weighted by Crippen LogP contribution is -2.24. The van der Waals surface area contributed by atoms with Crippen LogP contribution in [0.5, 0.6) is 11.5 Å². The van der Waals surface area contributed by atoms with Crippen LogP contribution in [0.25, 0.3) is 32.7 Å². The summed E-state index contributed by atoms with van der Waals surface area (Å²) in [5.74, 6) is -2.44. The van der Waals surface area contributed by atoms with Crippen molar-refractivity contribution in [3.8, 4) is 11.5 Å². The van der Waals surface area contributed by atoms with Crippen LogP contribution in [-0.4, -0.2) is 73.0 Å². The molecule has 5 aromatic heterocycles. The minimum absolute atomic E-state index is 0.232. The summed E-state index contributed by atoms with van der Waals surface area (Å²) in [6.45, 7) is 7.19. The normalized spacial score (nSPS) is 10.8. The molecule has 12 rings (SSSR count). The number of nitrogens with one attached hydrogen (secondary N) is 3. The molecule has 3 N–H and O–H groups in total. The summed E-state index contributed by atoms with van der Waals surface area (Å²) < 4.78 is 16.6. The number of nitrogens with zero attached hydrogens (tertiary/aromatic N) is 5. The fourth-order valence-electron chi connectivity index (χ4n) is 10.7. The molecule has 0 aliphatic rings. The molecular formula is C72H58Cl4N8O8. The fraction of sp³-hybridized carbons (Fsp3) is 0.111. The first kappa shape index (κ1) is 64.6. The minimum atomic E-state index is -0.741. The van der Waals surface area contributed by atoms with Crippen molar-refractivity contribution in [1.82, 2.24) is 23.7 Å². The zero-order valence-corrected chi connectivity index (χ0v) is 53.3. The fourth-order valence-corrected chi connectivity index (χ4v) is 11.3. The van der Waals surface area contributed by atoms with Crippen LogP contribution in [0.2, 0.25) is 20.2 Å². The van der Waals surface area contributed by atoms with Gasteiger partial charge in [0, 0.05) is 114 Å². The number of carbonyl (C=O) groups excluding carboxylic acids is 6. The van der Waals surface area contributed by atoms with Crippen molar-refractivity contribution < 1.29 is 38.2 Å². The number of rotatable bonds is 17. The van der Waals surface area contributed by atoms with Crippen LogP contribution in [0, 0.1) is 20.8 Å². The molecule has 0 fully saturated rings. The van der Waals surface area contributed by atoms with Gasteiger partial charge in [0.1, 0.15) is 22.5 Å². The van der Waals surface area contributed by atoms with Gasteiger partial charge in [-0.15, -0.1) is 0 Å². The summed E-state index contributed by atoms with van der Waals surface area (Å²) in [6.07, 6.45) is 3.01. The van der Waals surface area contributed by atoms with Crippen molar-refractivity contribution in [3.05, 3.63) is 277 Å². The SMILES string of the molecule is COc1ccc2c(c1)c(C(=O)C(=O)Nc1ccccn1)c(C)n2Cc1ccc(Cl)cc1.COc1cccc(NC(=O)C(=O)c2c(C)n(Cc3ccc(Cl)cc3)c3ccccc23)c1.Cc1c(C(=O)C(=O)Nc2ccnc(Cl)c2)c2ccccc2n1Cc1ccc(Cl)cc1. The van der Waals surface area contributed by atoms with E-state index in [4.69, 9.17) is 55.9 Å². The smallest absolute Gasteiger partial charge is 0.298 e. The number of fused-ring (bicyclic) bond motifs is 3. The zero-order chi connectivity index (χ0) is 65.2. The highest BCUT2D eigenvalue weighted by Gasteiger charge is 2.29. The van der Waals surface area contributed by atoms with Crippen molar-refractivity contribution in [1.29, 1.82) is 0 Å². The van der Waals surface area contributed by atoms with Gasteiger partial charge < -0.3 is 39.1 Å². The standard InChI is InChI=1S/C25H21ClN2O3.C24H20ClN3O3.C23H17Cl2N3O2/c1-16-23(24(29)25(30)27-19-6-5-7-20(14-19)31-2)21-8-3-4-9-22(21)28(16)15-17-10-12-18(26)13-11-17;1-15-22(23(29)24(30)27-21-5-3-4-12-26-21)19-13-18(31-2)10-11-20(19)28(15)14-16-6-8-17(25)9-7-16;1-14-21(22(29)23(30)27-17-10-11-26-20(25)12-17)18-4-2-3-5-19(18)28(14)13-15-6-8-16(24)9-7-15/h3-14H,15H2,1-2H3,(H,27,30);3-13H,14H2,1-2H3,(H,26,27,30);2-12H,13H2,1H3,(H,26,27,30). The van der Waals surface area contributed by atoms with Gasteiger partial charge in [0.05, 0.1) is 30.9 Å². The lowest BCUT2D eigenvalue weighted by Gasteiger charge is -2.09. The minimum Gasteiger partial charge on any atom is -0.497 e. The van der Waals surface area contributed by atoms with Gasteiger partial charge in [-0.1, -0.05) is 131 Å². The Morgan fingerprint density at radius 2 is 0.804 bits per heavy atom. The summed E-state index contributed by atoms with van der Waals surface area (Å²) in [7, 11) is 3.11. The lowest BCUT2D eigenvalue weighted by molar-refractivity contribution is -0.113. The monoisotopic (exact) mass is 1300 g/mol. The number of halogens is 4. The molecule has 0 unspecified atom stereocenters. The summed E-state index contributed by atoms with van der Waals surface area (Å²) in [4.78, 5) is 85.5. The number of ketones is 3. The summed E-state index contributed by atoms with van der Waals surface area (Å²) in [5, 5.41) is 12.2. The van der Waals surface area contributed by atoms with Crippen LogP contribution in [0.3, 0.4) is 0 Å². The number of para-hydroxylation sites is 2. The van der Waals surface area contributed by atoms with E-state index in [0.29, 0.717) is 91.2 Å². The van der Waals surface area contributed by atoms with Gasteiger partial charge in [-0.05, 0) is 141 Å². The van der Waals surface area contributed by atoms with Gasteiger partial charge >= 0.3 is 0 Å². The van der Waals surface area contributed by atoms with Crippen molar-refractivity contribution in [2.75, 3.05) is 30.2 Å². The third-order valence-electron chi connectivity index (χ3n) is 15.3. The van der Waals surface area contributed by atoms with Gasteiger partial charge in [0.15, 0.2) is 0 Å². The van der Waals surface area contributed by atoms with Crippen molar-refractivity contribution >= 4 is 131 Å². The molecule has 0 saturated heterocycles. The predicted molar refractivity (Wildman–Crippen MR) is 364 cm³/mol. The highest BCUT2D eigenvalue weighted by molar-refractivity contribution is 6.50. The number of hydrogen-bond acceptors (Lipinski definition) is 10. The van der Waals surface area contributed by atoms with E-state index in [1.54, 1.807) is 75.0 Å². The van der Waals surface area contributed by atoms with E-state index in [0.717, 1.165) is 55.4 Å². The van der Waals surface area contributed by atoms with E-state index in [1.807, 2.05) is 168 Å². The number of carbonyl (C=O) groups is 6. The molecule has 0 aliphatic heterocycles. The highest BCUT2D eigenvalue weighted by Crippen LogP contribution is 2.33. The van der Waals surface area contributed by atoms with Gasteiger partial charge in [-0.25, -0.2) is 9.97 Å². The molecule has 92 heavy (non-hydrogen) atoms. The molecule has 0 aliphatic carbocycles. The molecule has 0 radical (unpaired) electrons. The Bertz CT molecular complexity index is 4760. The quantitative estimate of drug-likeness (QED) is 0.0448. The van der Waals surface area contributed by atoms with Crippen LogP contribution in [0.4, 0.5) is 17.2 Å². The first-order valence-electron chi connectivity index (χ1n) is 28.7. The number of Topliss-reactive ketones (excluding diaryl/α,β-unsaturated/α-hetero) is 3. The van der Waals surface area contributed by atoms with E-state index in [9.17, 15) is 28.8 Å². The molecule has 5 heterocycles. The number of pyridine rings is 2. The van der Waals surface area contributed by atoms with Crippen LogP contribution in [0.1, 0.15) is 64.8 Å². The van der Waals surface area contributed by atoms with E-state index in [1.165, 1.54) is 12.3 Å². The number of aromatic nitrogens is 5. The zero-order valence-electron chi connectivity index (χ0n) is 50.3. The van der Waals surface area contributed by atoms with Crippen LogP contribution in [0.15, 0.2) is 207 Å². The van der Waals surface area contributed by atoms with E-state index >= 15 is 0 Å². The number of hydrogen-bond donors (Lipinski definition) is 3.